The average Bonchev–Trinajstić information content (AvgIpc) is 2.47. The Morgan fingerprint density at radius 1 is 1.29 bits per heavy atom. The SMILES string of the molecule is CN1CCC[C@@]2(CCCN(C(=O)c3ccncc3O)C2)C1. The summed E-state index contributed by atoms with van der Waals surface area (Å²) in [5, 5.41) is 9.84. The fourth-order valence-corrected chi connectivity index (χ4v) is 3.91. The summed E-state index contributed by atoms with van der Waals surface area (Å²) < 4.78 is 0. The highest BCUT2D eigenvalue weighted by Gasteiger charge is 2.39. The van der Waals surface area contributed by atoms with Gasteiger partial charge in [-0.1, -0.05) is 0 Å². The fourth-order valence-electron chi connectivity index (χ4n) is 3.91. The van der Waals surface area contributed by atoms with E-state index in [2.05, 4.69) is 16.9 Å². The number of pyridine rings is 1. The fraction of sp³-hybridized carbons (Fsp3) is 0.625. The van der Waals surface area contributed by atoms with Crippen LogP contribution in [0.15, 0.2) is 18.5 Å². The van der Waals surface area contributed by atoms with Gasteiger partial charge in [-0.15, -0.1) is 0 Å². The van der Waals surface area contributed by atoms with Crippen LogP contribution in [0.2, 0.25) is 0 Å². The highest BCUT2D eigenvalue weighted by atomic mass is 16.3. The van der Waals surface area contributed by atoms with Crippen LogP contribution in [0.5, 0.6) is 5.75 Å². The van der Waals surface area contributed by atoms with E-state index in [-0.39, 0.29) is 17.1 Å². The lowest BCUT2D eigenvalue weighted by Crippen LogP contribution is -2.52. The van der Waals surface area contributed by atoms with Crippen LogP contribution in [0.1, 0.15) is 36.0 Å². The lowest BCUT2D eigenvalue weighted by atomic mass is 9.74. The Balaban J connectivity index is 1.77. The van der Waals surface area contributed by atoms with Crippen molar-refractivity contribution < 1.29 is 9.90 Å². The predicted octanol–water partition coefficient (Wildman–Crippen LogP) is 1.74. The summed E-state index contributed by atoms with van der Waals surface area (Å²) in [6, 6.07) is 1.60. The van der Waals surface area contributed by atoms with Crippen LogP contribution in [0.4, 0.5) is 0 Å². The van der Waals surface area contributed by atoms with Gasteiger partial charge >= 0.3 is 0 Å². The zero-order chi connectivity index (χ0) is 14.9. The highest BCUT2D eigenvalue weighted by Crippen LogP contribution is 2.38. The van der Waals surface area contributed by atoms with E-state index in [9.17, 15) is 9.90 Å². The molecule has 1 spiro atoms. The lowest BCUT2D eigenvalue weighted by molar-refractivity contribution is 0.0205. The van der Waals surface area contributed by atoms with Gasteiger partial charge in [0.15, 0.2) is 0 Å². The first-order chi connectivity index (χ1) is 10.1. The minimum absolute atomic E-state index is 0.0251. The molecular weight excluding hydrogens is 266 g/mol. The molecule has 0 saturated carbocycles. The van der Waals surface area contributed by atoms with Crippen molar-refractivity contribution in [3.8, 4) is 5.75 Å². The summed E-state index contributed by atoms with van der Waals surface area (Å²) in [5.41, 5.74) is 0.607. The quantitative estimate of drug-likeness (QED) is 0.855. The van der Waals surface area contributed by atoms with E-state index in [0.717, 1.165) is 32.6 Å². The second kappa shape index (κ2) is 5.64. The summed E-state index contributed by atoms with van der Waals surface area (Å²) >= 11 is 0. The Morgan fingerprint density at radius 2 is 2.05 bits per heavy atom. The van der Waals surface area contributed by atoms with Gasteiger partial charge in [-0.3, -0.25) is 9.78 Å². The normalized spacial score (nSPS) is 27.0. The predicted molar refractivity (Wildman–Crippen MR) is 80.2 cm³/mol. The van der Waals surface area contributed by atoms with Crippen LogP contribution in [-0.2, 0) is 0 Å². The number of aromatic hydroxyl groups is 1. The van der Waals surface area contributed by atoms with Gasteiger partial charge < -0.3 is 14.9 Å². The number of piperidine rings is 2. The monoisotopic (exact) mass is 289 g/mol. The van der Waals surface area contributed by atoms with E-state index in [4.69, 9.17) is 0 Å². The molecule has 114 valence electrons. The number of hydrogen-bond donors (Lipinski definition) is 1. The van der Waals surface area contributed by atoms with Crippen LogP contribution < -0.4 is 0 Å². The minimum Gasteiger partial charge on any atom is -0.505 e. The van der Waals surface area contributed by atoms with Crippen molar-refractivity contribution in [2.45, 2.75) is 25.7 Å². The van der Waals surface area contributed by atoms with Crippen LogP contribution in [0.25, 0.3) is 0 Å². The molecule has 0 unspecified atom stereocenters. The number of aromatic nitrogens is 1. The van der Waals surface area contributed by atoms with E-state index >= 15 is 0 Å². The van der Waals surface area contributed by atoms with E-state index in [1.807, 2.05) is 4.90 Å². The molecule has 21 heavy (non-hydrogen) atoms. The number of carbonyl (C=O) groups is 1. The molecule has 0 aliphatic carbocycles. The molecule has 5 heteroatoms. The third-order valence-electron chi connectivity index (χ3n) is 4.83. The van der Waals surface area contributed by atoms with E-state index in [1.165, 1.54) is 25.5 Å². The van der Waals surface area contributed by atoms with Gasteiger partial charge in [0.25, 0.3) is 5.91 Å². The number of rotatable bonds is 1. The topological polar surface area (TPSA) is 56.7 Å². The Morgan fingerprint density at radius 3 is 2.76 bits per heavy atom. The molecule has 1 amide bonds. The molecule has 0 bridgehead atoms. The maximum absolute atomic E-state index is 12.7. The van der Waals surface area contributed by atoms with Crippen LogP contribution in [0.3, 0.4) is 0 Å². The van der Waals surface area contributed by atoms with Crippen molar-refractivity contribution >= 4 is 5.91 Å². The second-order valence-corrected chi connectivity index (χ2v) is 6.56. The summed E-state index contributed by atoms with van der Waals surface area (Å²) in [7, 11) is 2.16. The number of carbonyl (C=O) groups excluding carboxylic acids is 1. The van der Waals surface area contributed by atoms with E-state index < -0.39 is 0 Å². The first-order valence-electron chi connectivity index (χ1n) is 7.70. The zero-order valence-electron chi connectivity index (χ0n) is 12.6. The average molecular weight is 289 g/mol. The molecule has 1 aromatic heterocycles. The second-order valence-electron chi connectivity index (χ2n) is 6.56. The van der Waals surface area contributed by atoms with Crippen LogP contribution >= 0.6 is 0 Å². The largest absolute Gasteiger partial charge is 0.505 e. The van der Waals surface area contributed by atoms with Crippen LogP contribution in [-0.4, -0.2) is 59.0 Å². The van der Waals surface area contributed by atoms with Crippen molar-refractivity contribution in [2.24, 2.45) is 5.41 Å². The van der Waals surface area contributed by atoms with Crippen molar-refractivity contribution in [1.29, 1.82) is 0 Å². The summed E-state index contributed by atoms with van der Waals surface area (Å²) in [5.74, 6) is -0.0925. The number of hydrogen-bond acceptors (Lipinski definition) is 4. The first kappa shape index (κ1) is 14.3. The van der Waals surface area contributed by atoms with Gasteiger partial charge in [-0.05, 0) is 45.3 Å². The van der Waals surface area contributed by atoms with Crippen molar-refractivity contribution in [3.05, 3.63) is 24.0 Å². The van der Waals surface area contributed by atoms with E-state index in [1.54, 1.807) is 12.3 Å². The lowest BCUT2D eigenvalue weighted by Gasteiger charge is -2.47. The third-order valence-corrected chi connectivity index (χ3v) is 4.83. The maximum atomic E-state index is 12.7. The molecule has 2 aliphatic heterocycles. The van der Waals surface area contributed by atoms with Gasteiger partial charge in [-0.2, -0.15) is 0 Å². The Labute approximate surface area is 125 Å². The minimum atomic E-state index is -0.0674. The molecule has 0 aromatic carbocycles. The Kier molecular flexibility index (Phi) is 3.85. The molecule has 1 atom stereocenters. The standard InChI is InChI=1S/C16H23N3O2/c1-18-8-2-5-16(11-18)6-3-9-19(12-16)15(21)13-4-7-17-10-14(13)20/h4,7,10,20H,2-3,5-6,8-9,11-12H2,1H3/t16-/m1/s1. The summed E-state index contributed by atoms with van der Waals surface area (Å²) in [4.78, 5) is 20.8. The van der Waals surface area contributed by atoms with Gasteiger partial charge in [0, 0.05) is 31.2 Å². The maximum Gasteiger partial charge on any atom is 0.257 e. The molecular formula is C16H23N3O2. The van der Waals surface area contributed by atoms with Crippen LogP contribution in [0, 0.1) is 5.41 Å². The Bertz CT molecular complexity index is 530. The van der Waals surface area contributed by atoms with Crippen molar-refractivity contribution in [3.63, 3.8) is 0 Å². The van der Waals surface area contributed by atoms with Gasteiger partial charge in [0.1, 0.15) is 5.75 Å². The highest BCUT2D eigenvalue weighted by molar-refractivity contribution is 5.96. The molecule has 1 N–H and O–H groups in total. The van der Waals surface area contributed by atoms with Gasteiger partial charge in [0.2, 0.25) is 0 Å². The molecule has 2 fully saturated rings. The van der Waals surface area contributed by atoms with Gasteiger partial charge in [0.05, 0.1) is 11.8 Å². The zero-order valence-corrected chi connectivity index (χ0v) is 12.6. The smallest absolute Gasteiger partial charge is 0.257 e. The molecule has 5 nitrogen and oxygen atoms in total. The van der Waals surface area contributed by atoms with Crippen molar-refractivity contribution in [2.75, 3.05) is 33.2 Å². The number of nitrogens with zero attached hydrogens (tertiary/aromatic N) is 3. The summed E-state index contributed by atoms with van der Waals surface area (Å²) in [6.45, 7) is 3.81. The molecule has 3 heterocycles. The molecule has 2 aliphatic rings. The Hall–Kier alpha value is -1.62. The van der Waals surface area contributed by atoms with Gasteiger partial charge in [-0.25, -0.2) is 0 Å². The third kappa shape index (κ3) is 2.88. The molecule has 1 aromatic rings. The van der Waals surface area contributed by atoms with Crippen molar-refractivity contribution in [1.82, 2.24) is 14.8 Å². The first-order valence-corrected chi connectivity index (χ1v) is 7.70. The summed E-state index contributed by atoms with van der Waals surface area (Å²) in [6.07, 6.45) is 7.54. The molecule has 3 rings (SSSR count). The number of amides is 1. The molecule has 0 radical (unpaired) electrons. The molecule has 2 saturated heterocycles. The van der Waals surface area contributed by atoms with E-state index in [0.29, 0.717) is 5.56 Å². The number of likely N-dealkylation sites (tertiary alicyclic amines) is 2.